The number of carbonyl (C=O) groups excluding carboxylic acids is 2. The lowest BCUT2D eigenvalue weighted by Crippen LogP contribution is -2.56. The lowest BCUT2D eigenvalue weighted by Gasteiger charge is -2.39. The third kappa shape index (κ3) is 7.79. The fraction of sp³-hybridized carbons (Fsp3) is 0.486. The Morgan fingerprint density at radius 1 is 1.16 bits per heavy atom. The summed E-state index contributed by atoms with van der Waals surface area (Å²) >= 11 is 0. The number of likely N-dealkylation sites (tertiary alicyclic amines) is 1. The van der Waals surface area contributed by atoms with E-state index in [0.29, 0.717) is 55.3 Å². The molecule has 0 radical (unpaired) electrons. The Kier molecular flexibility index (Phi) is 11.0. The largest absolute Gasteiger partial charge is 0.496 e. The zero-order valence-corrected chi connectivity index (χ0v) is 26.6. The standard InChI is InChI=1S/C35H45FN6O3/c1-4-24(17-18-37-5-2)33-27-19-25(13-15-30(27)40-41-33)34(43)39-26-14-16-31(35(44)38-20-23-9-6-7-10-23)42(21-26)22-28-29(36)11-8-12-32(28)45-3/h8,11-13,15,17-19,23,26,31H,4-7,9-10,14,16,20-22H2,1-3H3,(H,38,44)(H,39,43)(H,40,41)/b24-17+,37-18?. The van der Waals surface area contributed by atoms with Crippen LogP contribution >= 0.6 is 0 Å². The van der Waals surface area contributed by atoms with Gasteiger partial charge < -0.3 is 15.4 Å². The molecule has 240 valence electrons. The number of aromatic amines is 1. The number of allylic oxidation sites excluding steroid dienone is 2. The first-order valence-corrected chi connectivity index (χ1v) is 16.2. The number of amides is 2. The van der Waals surface area contributed by atoms with E-state index in [1.54, 1.807) is 24.4 Å². The van der Waals surface area contributed by atoms with Crippen LogP contribution in [0.4, 0.5) is 4.39 Å². The number of benzene rings is 2. The molecule has 9 nitrogen and oxygen atoms in total. The Hall–Kier alpha value is -4.05. The number of aromatic nitrogens is 2. The molecular weight excluding hydrogens is 571 g/mol. The van der Waals surface area contributed by atoms with E-state index in [-0.39, 0.29) is 30.2 Å². The summed E-state index contributed by atoms with van der Waals surface area (Å²) in [6.07, 6.45) is 10.4. The highest BCUT2D eigenvalue weighted by Crippen LogP contribution is 2.29. The third-order valence-corrected chi connectivity index (χ3v) is 9.09. The van der Waals surface area contributed by atoms with Gasteiger partial charge in [0.2, 0.25) is 5.91 Å². The summed E-state index contributed by atoms with van der Waals surface area (Å²) in [5.41, 5.74) is 3.62. The Morgan fingerprint density at radius 2 is 1.98 bits per heavy atom. The van der Waals surface area contributed by atoms with E-state index >= 15 is 4.39 Å². The molecule has 1 saturated heterocycles. The molecule has 45 heavy (non-hydrogen) atoms. The first-order chi connectivity index (χ1) is 21.9. The second-order valence-corrected chi connectivity index (χ2v) is 12.0. The van der Waals surface area contributed by atoms with Crippen molar-refractivity contribution >= 4 is 34.5 Å². The molecule has 2 fully saturated rings. The van der Waals surface area contributed by atoms with Crippen LogP contribution < -0.4 is 15.4 Å². The maximum atomic E-state index is 15.0. The molecule has 1 aromatic heterocycles. The number of methoxy groups -OCH3 is 1. The summed E-state index contributed by atoms with van der Waals surface area (Å²) in [5.74, 6) is 0.347. The zero-order chi connectivity index (χ0) is 31.8. The number of carbonyl (C=O) groups is 2. The van der Waals surface area contributed by atoms with Gasteiger partial charge in [0.05, 0.1) is 24.4 Å². The second-order valence-electron chi connectivity index (χ2n) is 12.0. The summed E-state index contributed by atoms with van der Waals surface area (Å²) in [6, 6.07) is 9.64. The molecule has 2 heterocycles. The molecule has 2 aliphatic rings. The van der Waals surface area contributed by atoms with Gasteiger partial charge in [-0.15, -0.1) is 0 Å². The van der Waals surface area contributed by atoms with Crippen LogP contribution in [0.2, 0.25) is 0 Å². The first kappa shape index (κ1) is 32.3. The van der Waals surface area contributed by atoms with Crippen LogP contribution in [-0.2, 0) is 11.3 Å². The molecule has 0 spiro atoms. The third-order valence-electron chi connectivity index (χ3n) is 9.09. The minimum absolute atomic E-state index is 0.0383. The number of aliphatic imine (C=N–C) groups is 1. The smallest absolute Gasteiger partial charge is 0.251 e. The first-order valence-electron chi connectivity index (χ1n) is 16.2. The van der Waals surface area contributed by atoms with E-state index in [4.69, 9.17) is 4.74 Å². The highest BCUT2D eigenvalue weighted by Gasteiger charge is 2.35. The molecule has 1 aliphatic heterocycles. The van der Waals surface area contributed by atoms with Gasteiger partial charge in [0.25, 0.3) is 5.91 Å². The molecule has 3 N–H and O–H groups in total. The molecular formula is C35H45FN6O3. The molecule has 2 amide bonds. The number of halogens is 1. The molecule has 0 bridgehead atoms. The van der Waals surface area contributed by atoms with Crippen LogP contribution in [0, 0.1) is 11.7 Å². The summed E-state index contributed by atoms with van der Waals surface area (Å²) in [4.78, 5) is 33.3. The molecule has 5 rings (SSSR count). The normalized spacial score (nSPS) is 19.8. The number of hydrogen-bond acceptors (Lipinski definition) is 6. The Morgan fingerprint density at radius 3 is 2.73 bits per heavy atom. The predicted molar refractivity (Wildman–Crippen MR) is 176 cm³/mol. The number of H-pyrrole nitrogens is 1. The monoisotopic (exact) mass is 616 g/mol. The van der Waals surface area contributed by atoms with Gasteiger partial charge in [-0.2, -0.15) is 5.10 Å². The number of nitrogens with zero attached hydrogens (tertiary/aromatic N) is 3. The lowest BCUT2D eigenvalue weighted by atomic mass is 9.95. The average molecular weight is 617 g/mol. The van der Waals surface area contributed by atoms with Gasteiger partial charge in [-0.3, -0.25) is 24.6 Å². The predicted octanol–water partition coefficient (Wildman–Crippen LogP) is 5.66. The highest BCUT2D eigenvalue weighted by atomic mass is 19.1. The fourth-order valence-electron chi connectivity index (χ4n) is 6.58. The van der Waals surface area contributed by atoms with E-state index < -0.39 is 6.04 Å². The van der Waals surface area contributed by atoms with Gasteiger partial charge in [-0.25, -0.2) is 4.39 Å². The number of nitrogens with one attached hydrogen (secondary N) is 3. The lowest BCUT2D eigenvalue weighted by molar-refractivity contribution is -0.128. The van der Waals surface area contributed by atoms with Crippen molar-refractivity contribution in [3.8, 4) is 5.75 Å². The van der Waals surface area contributed by atoms with Gasteiger partial charge in [0.15, 0.2) is 0 Å². The van der Waals surface area contributed by atoms with E-state index in [1.165, 1.54) is 26.0 Å². The van der Waals surface area contributed by atoms with Crippen molar-refractivity contribution in [1.29, 1.82) is 0 Å². The number of ether oxygens (including phenoxy) is 1. The molecule has 10 heteroatoms. The van der Waals surface area contributed by atoms with Crippen molar-refractivity contribution in [3.05, 3.63) is 65.1 Å². The Balaban J connectivity index is 1.33. The molecule has 1 aliphatic carbocycles. The van der Waals surface area contributed by atoms with Gasteiger partial charge >= 0.3 is 0 Å². The topological polar surface area (TPSA) is 112 Å². The SMILES string of the molecule is CCN=C/C=C(\CC)c1n[nH]c2ccc(C(=O)NC3CCC(C(=O)NCC4CCCC4)N(Cc4c(F)cccc4OC)C3)cc12. The van der Waals surface area contributed by atoms with E-state index in [1.807, 2.05) is 30.0 Å². The van der Waals surface area contributed by atoms with Gasteiger partial charge in [0.1, 0.15) is 11.6 Å². The summed E-state index contributed by atoms with van der Waals surface area (Å²) in [6.45, 7) is 6.03. The minimum atomic E-state index is -0.427. The quantitative estimate of drug-likeness (QED) is 0.227. The van der Waals surface area contributed by atoms with E-state index in [2.05, 4.69) is 32.7 Å². The number of hydrogen-bond donors (Lipinski definition) is 3. The number of piperidine rings is 1. The highest BCUT2D eigenvalue weighted by molar-refractivity contribution is 6.01. The minimum Gasteiger partial charge on any atom is -0.496 e. The maximum absolute atomic E-state index is 15.0. The fourth-order valence-corrected chi connectivity index (χ4v) is 6.58. The summed E-state index contributed by atoms with van der Waals surface area (Å²) in [5, 5.41) is 14.8. The second kappa shape index (κ2) is 15.3. The summed E-state index contributed by atoms with van der Waals surface area (Å²) in [7, 11) is 1.52. The van der Waals surface area contributed by atoms with Crippen molar-refractivity contribution in [2.75, 3.05) is 26.7 Å². The van der Waals surface area contributed by atoms with Crippen molar-refractivity contribution in [2.24, 2.45) is 10.9 Å². The van der Waals surface area contributed by atoms with Crippen LogP contribution in [0.15, 0.2) is 47.5 Å². The molecule has 2 atom stereocenters. The number of fused-ring (bicyclic) bond motifs is 1. The van der Waals surface area contributed by atoms with E-state index in [0.717, 1.165) is 41.4 Å². The van der Waals surface area contributed by atoms with Crippen molar-refractivity contribution in [1.82, 2.24) is 25.7 Å². The Bertz CT molecular complexity index is 1540. The molecule has 2 unspecified atom stereocenters. The van der Waals surface area contributed by atoms with Gasteiger partial charge in [-0.1, -0.05) is 25.8 Å². The zero-order valence-electron chi connectivity index (χ0n) is 26.6. The molecule has 3 aromatic rings. The van der Waals surface area contributed by atoms with Gasteiger partial charge in [-0.05, 0) is 86.9 Å². The van der Waals surface area contributed by atoms with Crippen LogP contribution in [0.1, 0.15) is 80.4 Å². The van der Waals surface area contributed by atoms with Crippen molar-refractivity contribution in [3.63, 3.8) is 0 Å². The average Bonchev–Trinajstić information content (AvgIpc) is 3.73. The van der Waals surface area contributed by atoms with E-state index in [9.17, 15) is 9.59 Å². The van der Waals surface area contributed by atoms with Crippen molar-refractivity contribution in [2.45, 2.75) is 77.4 Å². The molecule has 2 aromatic carbocycles. The van der Waals surface area contributed by atoms with Gasteiger partial charge in [0, 0.05) is 54.9 Å². The Labute approximate surface area is 264 Å². The van der Waals surface area contributed by atoms with Crippen LogP contribution in [-0.4, -0.2) is 72.0 Å². The van der Waals surface area contributed by atoms with Crippen LogP contribution in [0.5, 0.6) is 5.75 Å². The summed E-state index contributed by atoms with van der Waals surface area (Å²) < 4.78 is 20.5. The van der Waals surface area contributed by atoms with Crippen LogP contribution in [0.3, 0.4) is 0 Å². The maximum Gasteiger partial charge on any atom is 0.251 e. The molecule has 1 saturated carbocycles. The van der Waals surface area contributed by atoms with Crippen LogP contribution in [0.25, 0.3) is 16.5 Å². The number of rotatable bonds is 12. The van der Waals surface area contributed by atoms with Crippen molar-refractivity contribution < 1.29 is 18.7 Å².